The van der Waals surface area contributed by atoms with Gasteiger partial charge in [-0.2, -0.15) is 4.98 Å². The van der Waals surface area contributed by atoms with Gasteiger partial charge in [0.2, 0.25) is 0 Å². The summed E-state index contributed by atoms with van der Waals surface area (Å²) in [5, 5.41) is 13.6. The predicted octanol–water partition coefficient (Wildman–Crippen LogP) is 2.95. The van der Waals surface area contributed by atoms with Gasteiger partial charge in [0.05, 0.1) is 11.0 Å². The van der Waals surface area contributed by atoms with Gasteiger partial charge in [0.1, 0.15) is 5.52 Å². The summed E-state index contributed by atoms with van der Waals surface area (Å²) in [5.41, 5.74) is 0.902. The number of nitrogens with zero attached hydrogens (tertiary/aromatic N) is 2. The molecule has 1 atom stereocenters. The summed E-state index contributed by atoms with van der Waals surface area (Å²) in [5.74, 6) is 2.61. The van der Waals surface area contributed by atoms with Gasteiger partial charge in [-0.1, -0.05) is 19.3 Å². The Bertz CT molecular complexity index is 642. The van der Waals surface area contributed by atoms with Gasteiger partial charge >= 0.3 is 0 Å². The molecule has 1 aromatic carbocycles. The zero-order valence-corrected chi connectivity index (χ0v) is 10.4. The summed E-state index contributed by atoms with van der Waals surface area (Å²) in [6, 6.07) is 4.40. The number of nitrogens with one attached hydrogen (secondary N) is 1. The third-order valence-corrected chi connectivity index (χ3v) is 2.66. The number of rotatable bonds is 5. The molecule has 6 heteroatoms. The number of benzene rings is 1. The number of anilines is 1. The second-order valence-corrected chi connectivity index (χ2v) is 4.08. The molecule has 0 aliphatic carbocycles. The molecule has 1 aromatic heterocycles. The minimum atomic E-state index is -0.470. The van der Waals surface area contributed by atoms with Crippen molar-refractivity contribution in [1.82, 2.24) is 4.98 Å². The van der Waals surface area contributed by atoms with Crippen molar-refractivity contribution in [3.8, 4) is 12.3 Å². The lowest BCUT2D eigenvalue weighted by atomic mass is 10.2. The van der Waals surface area contributed by atoms with Gasteiger partial charge in [-0.05, 0) is 12.5 Å². The van der Waals surface area contributed by atoms with Crippen LogP contribution in [0.25, 0.3) is 11.1 Å². The zero-order chi connectivity index (χ0) is 13.8. The molecule has 6 nitrogen and oxygen atoms in total. The molecule has 0 bridgehead atoms. The molecule has 2 aromatic rings. The second kappa shape index (κ2) is 5.40. The van der Waals surface area contributed by atoms with Crippen molar-refractivity contribution in [2.45, 2.75) is 25.8 Å². The summed E-state index contributed by atoms with van der Waals surface area (Å²) in [6.07, 6.45) is 7.13. The molecule has 98 valence electrons. The summed E-state index contributed by atoms with van der Waals surface area (Å²) in [7, 11) is 0. The number of non-ortho nitro benzene ring substituents is 1. The summed E-state index contributed by atoms with van der Waals surface area (Å²) in [6.45, 7) is 2.03. The number of oxazole rings is 1. The standard InChI is InChI=1S/C13H13N3O3/c1-3-5-9(4-2)14-13-15-11-8-10(16(17)18)6-7-12(11)19-13/h2,6-9H,3,5H2,1H3,(H,14,15). The molecule has 1 heterocycles. The Morgan fingerprint density at radius 2 is 2.42 bits per heavy atom. The highest BCUT2D eigenvalue weighted by Gasteiger charge is 2.13. The van der Waals surface area contributed by atoms with Crippen LogP contribution in [0.4, 0.5) is 11.7 Å². The normalized spacial score (nSPS) is 12.0. The van der Waals surface area contributed by atoms with Crippen molar-refractivity contribution in [3.05, 3.63) is 28.3 Å². The van der Waals surface area contributed by atoms with Crippen LogP contribution in [0, 0.1) is 22.5 Å². The second-order valence-electron chi connectivity index (χ2n) is 4.08. The molecule has 0 spiro atoms. The maximum atomic E-state index is 10.7. The van der Waals surface area contributed by atoms with Crippen LogP contribution in [0.3, 0.4) is 0 Å². The number of aromatic nitrogens is 1. The molecular formula is C13H13N3O3. The maximum absolute atomic E-state index is 10.7. The van der Waals surface area contributed by atoms with Crippen LogP contribution in [0.5, 0.6) is 0 Å². The Hall–Kier alpha value is -2.55. The van der Waals surface area contributed by atoms with E-state index in [0.29, 0.717) is 11.1 Å². The van der Waals surface area contributed by atoms with Gasteiger partial charge in [0.25, 0.3) is 11.7 Å². The first kappa shape index (κ1) is 12.9. The first-order valence-electron chi connectivity index (χ1n) is 5.91. The maximum Gasteiger partial charge on any atom is 0.296 e. The number of terminal acetylenes is 1. The van der Waals surface area contributed by atoms with Crippen LogP contribution in [0.15, 0.2) is 22.6 Å². The van der Waals surface area contributed by atoms with Crippen LogP contribution in [0.2, 0.25) is 0 Å². The van der Waals surface area contributed by atoms with E-state index in [1.54, 1.807) is 0 Å². The number of fused-ring (bicyclic) bond motifs is 1. The van der Waals surface area contributed by atoms with Crippen molar-refractivity contribution in [2.24, 2.45) is 0 Å². The van der Waals surface area contributed by atoms with Gasteiger partial charge in [0.15, 0.2) is 5.58 Å². The van der Waals surface area contributed by atoms with E-state index in [9.17, 15) is 10.1 Å². The molecular weight excluding hydrogens is 246 g/mol. The van der Waals surface area contributed by atoms with Gasteiger partial charge in [-0.3, -0.25) is 10.1 Å². The largest absolute Gasteiger partial charge is 0.424 e. The van der Waals surface area contributed by atoms with Crippen molar-refractivity contribution >= 4 is 22.8 Å². The van der Waals surface area contributed by atoms with Crippen molar-refractivity contribution in [2.75, 3.05) is 5.32 Å². The van der Waals surface area contributed by atoms with E-state index >= 15 is 0 Å². The minimum absolute atomic E-state index is 0.0191. The van der Waals surface area contributed by atoms with Crippen LogP contribution in [0.1, 0.15) is 19.8 Å². The topological polar surface area (TPSA) is 81.2 Å². The van der Waals surface area contributed by atoms with Crippen LogP contribution in [-0.4, -0.2) is 15.9 Å². The summed E-state index contributed by atoms with van der Waals surface area (Å²) >= 11 is 0. The highest BCUT2D eigenvalue weighted by atomic mass is 16.6. The average Bonchev–Trinajstić information content (AvgIpc) is 2.79. The van der Waals surface area contributed by atoms with E-state index in [2.05, 4.69) is 16.2 Å². The lowest BCUT2D eigenvalue weighted by Gasteiger charge is -2.08. The Balaban J connectivity index is 2.26. The average molecular weight is 259 g/mol. The number of hydrogen-bond donors (Lipinski definition) is 1. The molecule has 19 heavy (non-hydrogen) atoms. The molecule has 2 rings (SSSR count). The van der Waals surface area contributed by atoms with E-state index in [0.717, 1.165) is 12.8 Å². The van der Waals surface area contributed by atoms with Crippen molar-refractivity contribution in [1.29, 1.82) is 0 Å². The van der Waals surface area contributed by atoms with Gasteiger partial charge in [-0.15, -0.1) is 6.42 Å². The Kier molecular flexibility index (Phi) is 3.66. The predicted molar refractivity (Wildman–Crippen MR) is 71.8 cm³/mol. The fraction of sp³-hybridized carbons (Fsp3) is 0.308. The molecule has 1 N–H and O–H groups in total. The number of hydrogen-bond acceptors (Lipinski definition) is 5. The molecule has 0 aliphatic rings. The van der Waals surface area contributed by atoms with E-state index in [1.807, 2.05) is 6.92 Å². The van der Waals surface area contributed by atoms with E-state index < -0.39 is 4.92 Å². The molecule has 0 saturated heterocycles. The SMILES string of the molecule is C#CC(CCC)Nc1nc2cc([N+](=O)[O-])ccc2o1. The number of nitro benzene ring substituents is 1. The van der Waals surface area contributed by atoms with E-state index in [1.165, 1.54) is 18.2 Å². The summed E-state index contributed by atoms with van der Waals surface area (Å²) in [4.78, 5) is 14.3. The Labute approximate surface area is 110 Å². The summed E-state index contributed by atoms with van der Waals surface area (Å²) < 4.78 is 5.44. The first-order chi connectivity index (χ1) is 9.13. The van der Waals surface area contributed by atoms with E-state index in [-0.39, 0.29) is 17.7 Å². The Morgan fingerprint density at radius 3 is 3.05 bits per heavy atom. The highest BCUT2D eigenvalue weighted by Crippen LogP contribution is 2.24. The third kappa shape index (κ3) is 2.83. The minimum Gasteiger partial charge on any atom is -0.424 e. The van der Waals surface area contributed by atoms with Crippen molar-refractivity contribution in [3.63, 3.8) is 0 Å². The van der Waals surface area contributed by atoms with Crippen LogP contribution >= 0.6 is 0 Å². The lowest BCUT2D eigenvalue weighted by Crippen LogP contribution is -2.16. The smallest absolute Gasteiger partial charge is 0.296 e. The molecule has 1 unspecified atom stereocenters. The fourth-order valence-electron chi connectivity index (χ4n) is 1.73. The van der Waals surface area contributed by atoms with Crippen LogP contribution < -0.4 is 5.32 Å². The highest BCUT2D eigenvalue weighted by molar-refractivity contribution is 5.77. The lowest BCUT2D eigenvalue weighted by molar-refractivity contribution is -0.384. The third-order valence-electron chi connectivity index (χ3n) is 2.66. The first-order valence-corrected chi connectivity index (χ1v) is 5.91. The van der Waals surface area contributed by atoms with Gasteiger partial charge < -0.3 is 9.73 Å². The zero-order valence-electron chi connectivity index (χ0n) is 10.4. The monoisotopic (exact) mass is 259 g/mol. The molecule has 0 aliphatic heterocycles. The van der Waals surface area contributed by atoms with E-state index in [4.69, 9.17) is 10.8 Å². The molecule has 0 radical (unpaired) electrons. The van der Waals surface area contributed by atoms with Crippen molar-refractivity contribution < 1.29 is 9.34 Å². The van der Waals surface area contributed by atoms with Gasteiger partial charge in [-0.25, -0.2) is 0 Å². The fourth-order valence-corrected chi connectivity index (χ4v) is 1.73. The molecule has 0 saturated carbocycles. The number of nitro groups is 1. The Morgan fingerprint density at radius 1 is 1.63 bits per heavy atom. The quantitative estimate of drug-likeness (QED) is 0.507. The van der Waals surface area contributed by atoms with Crippen LogP contribution in [-0.2, 0) is 0 Å². The molecule has 0 fully saturated rings. The van der Waals surface area contributed by atoms with Gasteiger partial charge in [0, 0.05) is 12.1 Å². The molecule has 0 amide bonds.